The topological polar surface area (TPSA) is 83.0 Å². The van der Waals surface area contributed by atoms with Crippen LogP contribution >= 0.6 is 0 Å². The zero-order valence-corrected chi connectivity index (χ0v) is 11.4. The maximum Gasteiger partial charge on any atom is 0.435 e. The maximum absolute atomic E-state index is 12.7. The third-order valence-electron chi connectivity index (χ3n) is 2.79. The molecule has 0 aliphatic rings. The van der Waals surface area contributed by atoms with Crippen molar-refractivity contribution >= 4 is 9.84 Å². The molecule has 9 heteroatoms. The highest BCUT2D eigenvalue weighted by atomic mass is 32.2. The molecule has 0 unspecified atom stereocenters. The molecule has 21 heavy (non-hydrogen) atoms. The standard InChI is InChI=1S/C12H11F3N2O3S/c13-12(14,15)11-10(7-16-17-11)8-1-3-9(4-2-8)21(19,20)6-5-18/h1-4,7,18H,5-6H2,(H,16,17). The Morgan fingerprint density at radius 1 is 1.19 bits per heavy atom. The van der Waals surface area contributed by atoms with Crippen LogP contribution in [0.5, 0.6) is 0 Å². The van der Waals surface area contributed by atoms with Crippen LogP contribution in [0.25, 0.3) is 11.1 Å². The second-order valence-corrected chi connectivity index (χ2v) is 6.32. The average molecular weight is 320 g/mol. The Hall–Kier alpha value is -1.87. The van der Waals surface area contributed by atoms with E-state index >= 15 is 0 Å². The second kappa shape index (κ2) is 5.49. The predicted molar refractivity (Wildman–Crippen MR) is 68.2 cm³/mol. The number of halogens is 3. The maximum atomic E-state index is 12.7. The highest BCUT2D eigenvalue weighted by Gasteiger charge is 2.36. The minimum Gasteiger partial charge on any atom is -0.395 e. The van der Waals surface area contributed by atoms with Gasteiger partial charge in [-0.3, -0.25) is 5.10 Å². The summed E-state index contributed by atoms with van der Waals surface area (Å²) in [5, 5.41) is 14.0. The van der Waals surface area contributed by atoms with Crippen molar-refractivity contribution in [3.63, 3.8) is 0 Å². The first-order valence-corrected chi connectivity index (χ1v) is 7.46. The Morgan fingerprint density at radius 3 is 2.33 bits per heavy atom. The minimum absolute atomic E-state index is 0.0580. The van der Waals surface area contributed by atoms with Crippen molar-refractivity contribution < 1.29 is 26.7 Å². The first-order chi connectivity index (χ1) is 9.75. The molecule has 0 aliphatic heterocycles. The van der Waals surface area contributed by atoms with E-state index in [0.29, 0.717) is 0 Å². The number of aromatic nitrogens is 2. The number of aliphatic hydroxyl groups excluding tert-OH is 1. The molecule has 2 aromatic rings. The third-order valence-corrected chi connectivity index (χ3v) is 4.50. The molecule has 2 N–H and O–H groups in total. The van der Waals surface area contributed by atoms with E-state index in [-0.39, 0.29) is 16.0 Å². The van der Waals surface area contributed by atoms with Crippen molar-refractivity contribution in [2.75, 3.05) is 12.4 Å². The van der Waals surface area contributed by atoms with Gasteiger partial charge in [-0.2, -0.15) is 18.3 Å². The number of aliphatic hydroxyl groups is 1. The molecule has 5 nitrogen and oxygen atoms in total. The number of hydrogen-bond donors (Lipinski definition) is 2. The fourth-order valence-corrected chi connectivity index (χ4v) is 2.83. The molecule has 0 radical (unpaired) electrons. The fourth-order valence-electron chi connectivity index (χ4n) is 1.81. The molecule has 0 amide bonds. The second-order valence-electron chi connectivity index (χ2n) is 4.21. The first-order valence-electron chi connectivity index (χ1n) is 5.81. The summed E-state index contributed by atoms with van der Waals surface area (Å²) in [5.41, 5.74) is -1.03. The third kappa shape index (κ3) is 3.24. The number of H-pyrrole nitrogens is 1. The molecule has 2 rings (SSSR count). The predicted octanol–water partition coefficient (Wildman–Crippen LogP) is 1.86. The highest BCUT2D eigenvalue weighted by Crippen LogP contribution is 2.35. The van der Waals surface area contributed by atoms with Gasteiger partial charge in [0.05, 0.1) is 17.3 Å². The summed E-state index contributed by atoms with van der Waals surface area (Å²) in [6.45, 7) is -0.524. The normalized spacial score (nSPS) is 12.6. The van der Waals surface area contributed by atoms with Crippen LogP contribution in [0.1, 0.15) is 5.69 Å². The lowest BCUT2D eigenvalue weighted by molar-refractivity contribution is -0.140. The van der Waals surface area contributed by atoms with Crippen molar-refractivity contribution in [2.45, 2.75) is 11.1 Å². The van der Waals surface area contributed by atoms with Gasteiger partial charge < -0.3 is 5.11 Å². The zero-order valence-electron chi connectivity index (χ0n) is 10.6. The molecule has 0 aliphatic carbocycles. The summed E-state index contributed by atoms with van der Waals surface area (Å²) < 4.78 is 61.6. The number of nitrogens with one attached hydrogen (secondary N) is 1. The molecular weight excluding hydrogens is 309 g/mol. The van der Waals surface area contributed by atoms with E-state index in [2.05, 4.69) is 10.2 Å². The molecule has 0 spiro atoms. The van der Waals surface area contributed by atoms with E-state index in [1.54, 1.807) is 0 Å². The van der Waals surface area contributed by atoms with Crippen molar-refractivity contribution in [3.05, 3.63) is 36.2 Å². The molecule has 0 atom stereocenters. The Bertz CT molecular complexity index is 721. The largest absolute Gasteiger partial charge is 0.435 e. The summed E-state index contributed by atoms with van der Waals surface area (Å²) >= 11 is 0. The molecule has 114 valence electrons. The average Bonchev–Trinajstić information content (AvgIpc) is 2.88. The Labute approximate surface area is 118 Å². The van der Waals surface area contributed by atoms with Crippen LogP contribution < -0.4 is 0 Å². The summed E-state index contributed by atoms with van der Waals surface area (Å²) in [6, 6.07) is 4.94. The molecule has 0 fully saturated rings. The molecule has 1 heterocycles. The lowest BCUT2D eigenvalue weighted by Crippen LogP contribution is -2.10. The highest BCUT2D eigenvalue weighted by molar-refractivity contribution is 7.91. The Kier molecular flexibility index (Phi) is 4.06. The Balaban J connectivity index is 2.39. The van der Waals surface area contributed by atoms with E-state index in [0.717, 1.165) is 6.20 Å². The number of benzene rings is 1. The number of nitrogens with zero attached hydrogens (tertiary/aromatic N) is 1. The van der Waals surface area contributed by atoms with Crippen LogP contribution in [0.3, 0.4) is 0 Å². The smallest absolute Gasteiger partial charge is 0.395 e. The lowest BCUT2D eigenvalue weighted by Gasteiger charge is -2.07. The van der Waals surface area contributed by atoms with Gasteiger partial charge in [-0.25, -0.2) is 8.42 Å². The van der Waals surface area contributed by atoms with E-state index in [1.807, 2.05) is 0 Å². The van der Waals surface area contributed by atoms with Gasteiger partial charge in [0.2, 0.25) is 0 Å². The van der Waals surface area contributed by atoms with Gasteiger partial charge in [-0.05, 0) is 17.7 Å². The van der Waals surface area contributed by atoms with Crippen LogP contribution in [0.15, 0.2) is 35.4 Å². The molecular formula is C12H11F3N2O3S. The van der Waals surface area contributed by atoms with Crippen molar-refractivity contribution in [2.24, 2.45) is 0 Å². The van der Waals surface area contributed by atoms with Gasteiger partial charge in [0.15, 0.2) is 15.5 Å². The summed E-state index contributed by atoms with van der Waals surface area (Å²) in [4.78, 5) is -0.0580. The van der Waals surface area contributed by atoms with Gasteiger partial charge in [0, 0.05) is 11.8 Å². The minimum atomic E-state index is -4.60. The van der Waals surface area contributed by atoms with Crippen LogP contribution in [-0.2, 0) is 16.0 Å². The van der Waals surface area contributed by atoms with Gasteiger partial charge in [0.1, 0.15) is 0 Å². The SMILES string of the molecule is O=S(=O)(CCO)c1ccc(-c2c[nH]nc2C(F)(F)F)cc1. The quantitative estimate of drug-likeness (QED) is 0.901. The monoisotopic (exact) mass is 320 g/mol. The van der Waals surface area contributed by atoms with Gasteiger partial charge in [0.25, 0.3) is 0 Å². The lowest BCUT2D eigenvalue weighted by atomic mass is 10.1. The summed E-state index contributed by atoms with van der Waals surface area (Å²) in [7, 11) is -3.63. The summed E-state index contributed by atoms with van der Waals surface area (Å²) in [5.74, 6) is -0.439. The van der Waals surface area contributed by atoms with Crippen molar-refractivity contribution in [1.82, 2.24) is 10.2 Å². The molecule has 0 bridgehead atoms. The van der Waals surface area contributed by atoms with Crippen LogP contribution in [0, 0.1) is 0 Å². The summed E-state index contributed by atoms with van der Waals surface area (Å²) in [6.07, 6.45) is -3.50. The number of hydrogen-bond acceptors (Lipinski definition) is 4. The van der Waals surface area contributed by atoms with E-state index in [1.165, 1.54) is 24.3 Å². The number of rotatable bonds is 4. The fraction of sp³-hybridized carbons (Fsp3) is 0.250. The van der Waals surface area contributed by atoms with E-state index in [4.69, 9.17) is 5.11 Å². The van der Waals surface area contributed by atoms with Crippen LogP contribution in [0.4, 0.5) is 13.2 Å². The zero-order chi connectivity index (χ0) is 15.7. The van der Waals surface area contributed by atoms with E-state index < -0.39 is 34.1 Å². The van der Waals surface area contributed by atoms with Gasteiger partial charge >= 0.3 is 6.18 Å². The molecule has 1 aromatic heterocycles. The number of alkyl halides is 3. The first kappa shape index (κ1) is 15.5. The van der Waals surface area contributed by atoms with Crippen molar-refractivity contribution in [1.29, 1.82) is 0 Å². The van der Waals surface area contributed by atoms with Gasteiger partial charge in [-0.15, -0.1) is 0 Å². The number of sulfone groups is 1. The Morgan fingerprint density at radius 2 is 1.81 bits per heavy atom. The molecule has 1 aromatic carbocycles. The van der Waals surface area contributed by atoms with Crippen LogP contribution in [0.2, 0.25) is 0 Å². The number of aromatic amines is 1. The van der Waals surface area contributed by atoms with E-state index in [9.17, 15) is 21.6 Å². The molecule has 0 saturated carbocycles. The molecule has 0 saturated heterocycles. The van der Waals surface area contributed by atoms with Gasteiger partial charge in [-0.1, -0.05) is 12.1 Å². The van der Waals surface area contributed by atoms with Crippen LogP contribution in [-0.4, -0.2) is 36.1 Å². The van der Waals surface area contributed by atoms with Crippen molar-refractivity contribution in [3.8, 4) is 11.1 Å².